The molecular formula is C30H50O5. The number of rotatable bonds is 6. The number of esters is 1. The first-order valence-electron chi connectivity index (χ1n) is 14.2. The first kappa shape index (κ1) is 27.1. The fraction of sp³-hybridized carbons (Fsp3) is 0.900. The first-order valence-corrected chi connectivity index (χ1v) is 14.2. The van der Waals surface area contributed by atoms with Gasteiger partial charge in [0.25, 0.3) is 0 Å². The van der Waals surface area contributed by atoms with E-state index < -0.39 is 23.4 Å². The van der Waals surface area contributed by atoms with Crippen molar-refractivity contribution in [3.8, 4) is 0 Å². The summed E-state index contributed by atoms with van der Waals surface area (Å²) < 4.78 is 5.59. The Hall–Kier alpha value is -0.910. The highest BCUT2D eigenvalue weighted by Gasteiger charge is 2.64. The van der Waals surface area contributed by atoms with Crippen LogP contribution in [0, 0.1) is 40.4 Å². The van der Waals surface area contributed by atoms with Crippen molar-refractivity contribution in [3.63, 3.8) is 0 Å². The molecule has 0 aliphatic heterocycles. The third-order valence-electron chi connectivity index (χ3n) is 11.7. The molecule has 4 rings (SSSR count). The maximum absolute atomic E-state index is 11.6. The topological polar surface area (TPSA) is 87.0 Å². The van der Waals surface area contributed by atoms with Gasteiger partial charge >= 0.3 is 5.97 Å². The molecule has 5 heteroatoms. The van der Waals surface area contributed by atoms with Crippen molar-refractivity contribution in [1.82, 2.24) is 0 Å². The van der Waals surface area contributed by atoms with Crippen LogP contribution in [-0.2, 0) is 9.53 Å². The smallest absolute Gasteiger partial charge is 0.303 e. The second-order valence-corrected chi connectivity index (χ2v) is 13.8. The molecule has 35 heavy (non-hydrogen) atoms. The molecule has 5 nitrogen and oxygen atoms in total. The largest absolute Gasteiger partial charge is 0.460 e. The quantitative estimate of drug-likeness (QED) is 0.342. The molecule has 0 bridgehead atoms. The molecular weight excluding hydrogens is 440 g/mol. The predicted octanol–water partition coefficient (Wildman–Crippen LogP) is 5.41. The molecule has 3 fully saturated rings. The number of carbonyl (C=O) groups excluding carboxylic acids is 1. The van der Waals surface area contributed by atoms with E-state index in [1.807, 2.05) is 19.9 Å². The van der Waals surface area contributed by atoms with Gasteiger partial charge in [0.05, 0.1) is 6.10 Å². The van der Waals surface area contributed by atoms with E-state index >= 15 is 0 Å². The summed E-state index contributed by atoms with van der Waals surface area (Å²) in [5.41, 5.74) is -0.444. The minimum absolute atomic E-state index is 0.214. The Bertz CT molecular complexity index is 850. The van der Waals surface area contributed by atoms with Gasteiger partial charge in [-0.3, -0.25) is 4.79 Å². The molecule has 0 radical (unpaired) electrons. The zero-order valence-electron chi connectivity index (χ0n) is 23.1. The predicted molar refractivity (Wildman–Crippen MR) is 137 cm³/mol. The normalized spacial score (nSPS) is 45.0. The van der Waals surface area contributed by atoms with E-state index in [1.165, 1.54) is 18.9 Å². The van der Waals surface area contributed by atoms with Crippen LogP contribution in [-0.4, -0.2) is 44.7 Å². The second kappa shape index (κ2) is 9.13. The average molecular weight is 491 g/mol. The van der Waals surface area contributed by atoms with E-state index in [4.69, 9.17) is 4.74 Å². The Morgan fingerprint density at radius 3 is 2.43 bits per heavy atom. The van der Waals surface area contributed by atoms with Crippen LogP contribution in [0.15, 0.2) is 11.6 Å². The summed E-state index contributed by atoms with van der Waals surface area (Å²) >= 11 is 0. The van der Waals surface area contributed by atoms with Crippen molar-refractivity contribution in [2.45, 2.75) is 130 Å². The summed E-state index contributed by atoms with van der Waals surface area (Å²) in [6.07, 6.45) is 9.06. The number of allylic oxidation sites excluding steroid dienone is 1. The van der Waals surface area contributed by atoms with Gasteiger partial charge in [-0.25, -0.2) is 0 Å². The number of carbonyl (C=O) groups is 1. The summed E-state index contributed by atoms with van der Waals surface area (Å²) in [5.74, 6) is 2.06. The fourth-order valence-electron chi connectivity index (χ4n) is 9.05. The lowest BCUT2D eigenvalue weighted by molar-refractivity contribution is -0.210. The Morgan fingerprint density at radius 2 is 1.77 bits per heavy atom. The number of hydrogen-bond donors (Lipinski definition) is 3. The van der Waals surface area contributed by atoms with Crippen molar-refractivity contribution < 1.29 is 24.9 Å². The van der Waals surface area contributed by atoms with Gasteiger partial charge in [0, 0.05) is 18.8 Å². The SMILES string of the molecule is CC(=O)OC(C)(C)[C@@H](C)CC[C@@H](C)C1CCC2C3=C[C@@H](O)[C@@]4(O)C[C@@H](O)CCC4(C)C3CCC21C. The standard InChI is InChI=1S/C30H50O5/c1-18(8-9-19(2)27(4,5)35-20(3)31)23-10-11-24-22-16-26(33)30(34)17-21(32)12-15-29(30,7)25(22)13-14-28(23,24)6/h16,18-19,21,23-26,32-34H,8-15,17H2,1-7H3/t18-,19+,21+,23?,24?,25?,26-,28?,29?,30+/m1/s1. The highest BCUT2D eigenvalue weighted by molar-refractivity contribution is 5.66. The van der Waals surface area contributed by atoms with Crippen molar-refractivity contribution in [2.75, 3.05) is 0 Å². The van der Waals surface area contributed by atoms with Gasteiger partial charge in [0.1, 0.15) is 17.3 Å². The molecule has 0 aromatic rings. The number of aliphatic hydroxyl groups excluding tert-OH is 2. The Labute approximate surface area is 212 Å². The maximum Gasteiger partial charge on any atom is 0.303 e. The molecule has 0 aromatic carbocycles. The van der Waals surface area contributed by atoms with Crippen LogP contribution in [0.2, 0.25) is 0 Å². The third-order valence-corrected chi connectivity index (χ3v) is 11.7. The molecule has 0 saturated heterocycles. The van der Waals surface area contributed by atoms with Gasteiger partial charge < -0.3 is 20.1 Å². The van der Waals surface area contributed by atoms with Crippen LogP contribution in [0.4, 0.5) is 0 Å². The van der Waals surface area contributed by atoms with E-state index in [2.05, 4.69) is 27.7 Å². The number of aliphatic hydroxyl groups is 3. The lowest BCUT2D eigenvalue weighted by Gasteiger charge is -2.62. The molecule has 0 aromatic heterocycles. The van der Waals surface area contributed by atoms with E-state index in [9.17, 15) is 20.1 Å². The lowest BCUT2D eigenvalue weighted by Crippen LogP contribution is -2.65. The summed E-state index contributed by atoms with van der Waals surface area (Å²) in [7, 11) is 0. The van der Waals surface area contributed by atoms with E-state index in [1.54, 1.807) is 0 Å². The molecule has 200 valence electrons. The zero-order valence-corrected chi connectivity index (χ0v) is 23.1. The van der Waals surface area contributed by atoms with Crippen LogP contribution >= 0.6 is 0 Å². The Kier molecular flexibility index (Phi) is 7.08. The highest BCUT2D eigenvalue weighted by Crippen LogP contribution is 2.67. The van der Waals surface area contributed by atoms with Crippen LogP contribution in [0.3, 0.4) is 0 Å². The van der Waals surface area contributed by atoms with Crippen molar-refractivity contribution in [2.24, 2.45) is 40.4 Å². The molecule has 3 saturated carbocycles. The van der Waals surface area contributed by atoms with Crippen LogP contribution in [0.25, 0.3) is 0 Å². The summed E-state index contributed by atoms with van der Waals surface area (Å²) in [6.45, 7) is 14.8. The zero-order chi connectivity index (χ0) is 26.0. The Balaban J connectivity index is 1.50. The monoisotopic (exact) mass is 490 g/mol. The molecule has 4 aliphatic rings. The molecule has 0 heterocycles. The van der Waals surface area contributed by atoms with Crippen LogP contribution in [0.5, 0.6) is 0 Å². The molecule has 3 N–H and O–H groups in total. The summed E-state index contributed by atoms with van der Waals surface area (Å²) in [5, 5.41) is 33.1. The van der Waals surface area contributed by atoms with Gasteiger partial charge in [-0.2, -0.15) is 0 Å². The highest BCUT2D eigenvalue weighted by atomic mass is 16.6. The van der Waals surface area contributed by atoms with Gasteiger partial charge in [0.2, 0.25) is 0 Å². The molecule has 4 aliphatic carbocycles. The molecule has 0 spiro atoms. The van der Waals surface area contributed by atoms with Crippen LogP contribution in [0.1, 0.15) is 106 Å². The number of hydrogen-bond acceptors (Lipinski definition) is 5. The maximum atomic E-state index is 11.6. The number of ether oxygens (including phenoxy) is 1. The fourth-order valence-corrected chi connectivity index (χ4v) is 9.05. The van der Waals surface area contributed by atoms with Gasteiger partial charge in [-0.1, -0.05) is 45.8 Å². The van der Waals surface area contributed by atoms with Crippen molar-refractivity contribution in [1.29, 1.82) is 0 Å². The van der Waals surface area contributed by atoms with Gasteiger partial charge in [-0.15, -0.1) is 0 Å². The minimum atomic E-state index is -1.23. The van der Waals surface area contributed by atoms with E-state index in [0.717, 1.165) is 38.5 Å². The minimum Gasteiger partial charge on any atom is -0.460 e. The average Bonchev–Trinajstić information content (AvgIpc) is 3.10. The van der Waals surface area contributed by atoms with E-state index in [0.29, 0.717) is 36.0 Å². The summed E-state index contributed by atoms with van der Waals surface area (Å²) in [4.78, 5) is 11.5. The Morgan fingerprint density at radius 1 is 1.09 bits per heavy atom. The van der Waals surface area contributed by atoms with Crippen molar-refractivity contribution >= 4 is 5.97 Å². The van der Waals surface area contributed by atoms with Crippen LogP contribution < -0.4 is 0 Å². The first-order chi connectivity index (χ1) is 16.2. The lowest BCUT2D eigenvalue weighted by atomic mass is 9.45. The summed E-state index contributed by atoms with van der Waals surface area (Å²) in [6, 6.07) is 0. The molecule has 5 unspecified atom stereocenters. The van der Waals surface area contributed by atoms with Gasteiger partial charge in [0.15, 0.2) is 0 Å². The number of fused-ring (bicyclic) bond motifs is 5. The molecule has 0 amide bonds. The van der Waals surface area contributed by atoms with Gasteiger partial charge in [-0.05, 0) is 93.8 Å². The third kappa shape index (κ3) is 4.32. The van der Waals surface area contributed by atoms with Crippen molar-refractivity contribution in [3.05, 3.63) is 11.6 Å². The second-order valence-electron chi connectivity index (χ2n) is 13.8. The molecule has 10 atom stereocenters. The van der Waals surface area contributed by atoms with E-state index in [-0.39, 0.29) is 23.2 Å².